The normalized spacial score (nSPS) is 10.5. The van der Waals surface area contributed by atoms with E-state index in [1.807, 2.05) is 6.07 Å². The molecule has 0 fully saturated rings. The molecule has 1 aromatic carbocycles. The van der Waals surface area contributed by atoms with Gasteiger partial charge in [-0.2, -0.15) is 0 Å². The molecule has 0 radical (unpaired) electrons. The predicted molar refractivity (Wildman–Crippen MR) is 70.5 cm³/mol. The molecular formula is C12H12BrClO3. The zero-order valence-electron chi connectivity index (χ0n) is 9.28. The number of hydrogen-bond donors (Lipinski definition) is 0. The first kappa shape index (κ1) is 14.1. The van der Waals surface area contributed by atoms with Gasteiger partial charge >= 0.3 is 5.97 Å². The predicted octanol–water partition coefficient (Wildman–Crippen LogP) is 3.69. The number of hydrogen-bond acceptors (Lipinski definition) is 3. The van der Waals surface area contributed by atoms with Crippen LogP contribution in [0.2, 0.25) is 5.02 Å². The van der Waals surface area contributed by atoms with Gasteiger partial charge in [-0.1, -0.05) is 33.6 Å². The third kappa shape index (κ3) is 4.79. The van der Waals surface area contributed by atoms with Crippen LogP contribution in [-0.4, -0.2) is 12.6 Å². The molecule has 0 bridgehead atoms. The molecule has 5 heteroatoms. The summed E-state index contributed by atoms with van der Waals surface area (Å²) in [7, 11) is 0. The lowest BCUT2D eigenvalue weighted by Crippen LogP contribution is -2.00. The Morgan fingerprint density at radius 1 is 1.53 bits per heavy atom. The van der Waals surface area contributed by atoms with Gasteiger partial charge in [0, 0.05) is 15.9 Å². The van der Waals surface area contributed by atoms with Crippen LogP contribution in [0.25, 0.3) is 0 Å². The van der Waals surface area contributed by atoms with Crippen LogP contribution < -0.4 is 4.74 Å². The number of benzene rings is 1. The topological polar surface area (TPSA) is 35.5 Å². The van der Waals surface area contributed by atoms with Gasteiger partial charge in [-0.05, 0) is 19.1 Å². The molecule has 0 spiro atoms. The quantitative estimate of drug-likeness (QED) is 0.359. The second-order valence-corrected chi connectivity index (χ2v) is 4.06. The van der Waals surface area contributed by atoms with Crippen molar-refractivity contribution >= 4 is 33.5 Å². The van der Waals surface area contributed by atoms with E-state index in [1.165, 1.54) is 12.3 Å². The highest BCUT2D eigenvalue weighted by Crippen LogP contribution is 2.25. The maximum absolute atomic E-state index is 11.0. The van der Waals surface area contributed by atoms with E-state index in [2.05, 4.69) is 15.9 Å². The zero-order valence-corrected chi connectivity index (χ0v) is 11.6. The van der Waals surface area contributed by atoms with Crippen LogP contribution in [0.1, 0.15) is 12.5 Å². The number of alkyl halides is 1. The third-order valence-corrected chi connectivity index (χ3v) is 2.70. The summed E-state index contributed by atoms with van der Waals surface area (Å²) in [5, 5.41) is 1.22. The first-order valence-electron chi connectivity index (χ1n) is 5.01. The van der Waals surface area contributed by atoms with Crippen molar-refractivity contribution in [2.45, 2.75) is 12.3 Å². The summed E-state index contributed by atoms with van der Waals surface area (Å²) in [6.45, 7) is 2.08. The van der Waals surface area contributed by atoms with Crippen molar-refractivity contribution in [3.63, 3.8) is 0 Å². The molecule has 0 aliphatic heterocycles. The number of halogens is 2. The van der Waals surface area contributed by atoms with Gasteiger partial charge in [-0.3, -0.25) is 0 Å². The summed E-state index contributed by atoms with van der Waals surface area (Å²) in [5.74, 6) is 0.171. The van der Waals surface area contributed by atoms with Crippen LogP contribution in [-0.2, 0) is 14.9 Å². The maximum atomic E-state index is 11.0. The summed E-state index contributed by atoms with van der Waals surface area (Å²) in [6.07, 6.45) is 2.51. The Morgan fingerprint density at radius 2 is 2.29 bits per heavy atom. The Kier molecular flexibility index (Phi) is 6.08. The number of carbonyl (C=O) groups is 1. The summed E-state index contributed by atoms with van der Waals surface area (Å²) in [4.78, 5) is 11.0. The average Bonchev–Trinajstić information content (AvgIpc) is 2.30. The van der Waals surface area contributed by atoms with Gasteiger partial charge in [-0.15, -0.1) is 0 Å². The lowest BCUT2D eigenvalue weighted by Gasteiger charge is -2.06. The van der Waals surface area contributed by atoms with Crippen LogP contribution in [0, 0.1) is 0 Å². The van der Waals surface area contributed by atoms with E-state index in [0.717, 1.165) is 5.56 Å². The number of esters is 1. The van der Waals surface area contributed by atoms with E-state index in [9.17, 15) is 4.79 Å². The van der Waals surface area contributed by atoms with Crippen molar-refractivity contribution in [3.05, 3.63) is 41.1 Å². The van der Waals surface area contributed by atoms with Gasteiger partial charge in [0.2, 0.25) is 0 Å². The average molecular weight is 320 g/mol. The van der Waals surface area contributed by atoms with E-state index in [1.54, 1.807) is 19.1 Å². The molecule has 1 aromatic rings. The van der Waals surface area contributed by atoms with Crippen molar-refractivity contribution in [2.24, 2.45) is 0 Å². The van der Waals surface area contributed by atoms with Crippen LogP contribution >= 0.6 is 27.5 Å². The van der Waals surface area contributed by atoms with Crippen LogP contribution in [0.15, 0.2) is 30.5 Å². The van der Waals surface area contributed by atoms with Crippen molar-refractivity contribution in [1.29, 1.82) is 0 Å². The fourth-order valence-electron chi connectivity index (χ4n) is 1.10. The fourth-order valence-corrected chi connectivity index (χ4v) is 1.73. The SMILES string of the molecule is CCOC(=O)/C=C/Oc1cc(Cl)ccc1CBr. The van der Waals surface area contributed by atoms with Crippen molar-refractivity contribution in [1.82, 2.24) is 0 Å². The minimum absolute atomic E-state index is 0.340. The maximum Gasteiger partial charge on any atom is 0.333 e. The molecule has 0 saturated heterocycles. The minimum atomic E-state index is -0.435. The molecule has 0 heterocycles. The smallest absolute Gasteiger partial charge is 0.333 e. The molecule has 0 atom stereocenters. The number of rotatable bonds is 5. The van der Waals surface area contributed by atoms with Gasteiger partial charge in [0.05, 0.1) is 18.9 Å². The largest absolute Gasteiger partial charge is 0.464 e. The van der Waals surface area contributed by atoms with Gasteiger partial charge < -0.3 is 9.47 Å². The first-order chi connectivity index (χ1) is 8.17. The number of carbonyl (C=O) groups excluding carboxylic acids is 1. The Hall–Kier alpha value is -1.000. The molecule has 3 nitrogen and oxygen atoms in total. The molecule has 92 valence electrons. The Bertz CT molecular complexity index is 418. The molecule has 0 amide bonds. The van der Waals surface area contributed by atoms with Gasteiger partial charge in [0.1, 0.15) is 5.75 Å². The molecule has 0 saturated carbocycles. The zero-order chi connectivity index (χ0) is 12.7. The Balaban J connectivity index is 2.68. The summed E-state index contributed by atoms with van der Waals surface area (Å²) >= 11 is 9.19. The van der Waals surface area contributed by atoms with Crippen molar-refractivity contribution in [2.75, 3.05) is 6.61 Å². The van der Waals surface area contributed by atoms with Crippen LogP contribution in [0.4, 0.5) is 0 Å². The number of ether oxygens (including phenoxy) is 2. The molecule has 0 aliphatic carbocycles. The molecule has 0 unspecified atom stereocenters. The fraction of sp³-hybridized carbons (Fsp3) is 0.250. The minimum Gasteiger partial charge on any atom is -0.464 e. The van der Waals surface area contributed by atoms with E-state index in [4.69, 9.17) is 21.1 Å². The second-order valence-electron chi connectivity index (χ2n) is 3.06. The molecular weight excluding hydrogens is 307 g/mol. The standard InChI is InChI=1S/C12H12BrClO3/c1-2-16-12(15)5-6-17-11-7-10(14)4-3-9(11)8-13/h3-7H,2,8H2,1H3/b6-5+. The van der Waals surface area contributed by atoms with Gasteiger partial charge in [-0.25, -0.2) is 4.79 Å². The third-order valence-electron chi connectivity index (χ3n) is 1.86. The van der Waals surface area contributed by atoms with Gasteiger partial charge in [0.15, 0.2) is 0 Å². The molecule has 0 aromatic heterocycles. The van der Waals surface area contributed by atoms with Crippen molar-refractivity contribution < 1.29 is 14.3 Å². The van der Waals surface area contributed by atoms with E-state index < -0.39 is 5.97 Å². The molecule has 0 N–H and O–H groups in total. The molecule has 1 rings (SSSR count). The van der Waals surface area contributed by atoms with Crippen molar-refractivity contribution in [3.8, 4) is 5.75 Å². The molecule has 17 heavy (non-hydrogen) atoms. The summed E-state index contributed by atoms with van der Waals surface area (Å²) < 4.78 is 10.0. The second kappa shape index (κ2) is 7.35. The van der Waals surface area contributed by atoms with E-state index >= 15 is 0 Å². The highest BCUT2D eigenvalue weighted by Gasteiger charge is 2.02. The highest BCUT2D eigenvalue weighted by molar-refractivity contribution is 9.08. The van der Waals surface area contributed by atoms with E-state index in [-0.39, 0.29) is 0 Å². The summed E-state index contributed by atoms with van der Waals surface area (Å²) in [6, 6.07) is 5.32. The van der Waals surface area contributed by atoms with E-state index in [0.29, 0.717) is 22.7 Å². The Morgan fingerprint density at radius 3 is 2.94 bits per heavy atom. The monoisotopic (exact) mass is 318 g/mol. The lowest BCUT2D eigenvalue weighted by atomic mass is 10.2. The molecule has 0 aliphatic rings. The van der Waals surface area contributed by atoms with Crippen LogP contribution in [0.3, 0.4) is 0 Å². The van der Waals surface area contributed by atoms with Gasteiger partial charge in [0.25, 0.3) is 0 Å². The first-order valence-corrected chi connectivity index (χ1v) is 6.51. The highest BCUT2D eigenvalue weighted by atomic mass is 79.9. The Labute approximate surface area is 113 Å². The van der Waals surface area contributed by atoms with Crippen LogP contribution in [0.5, 0.6) is 5.75 Å². The lowest BCUT2D eigenvalue weighted by molar-refractivity contribution is -0.137. The summed E-state index contributed by atoms with van der Waals surface area (Å²) in [5.41, 5.74) is 0.947.